The number of nitrogens with two attached hydrogens (primary N) is 1. The first kappa shape index (κ1) is 18.0. The summed E-state index contributed by atoms with van der Waals surface area (Å²) in [6.45, 7) is 5.89. The number of primary amides is 1. The molecular formula is C18H24N4O5. The molecule has 146 valence electrons. The number of ketones is 2. The van der Waals surface area contributed by atoms with Crippen molar-refractivity contribution < 1.29 is 23.9 Å². The molecule has 3 aliphatic heterocycles. The second-order valence-electron chi connectivity index (χ2n) is 7.72. The summed E-state index contributed by atoms with van der Waals surface area (Å²) in [7, 11) is 1.55. The minimum absolute atomic E-state index is 0.0127. The van der Waals surface area contributed by atoms with Gasteiger partial charge in [0.15, 0.2) is 5.72 Å². The topological polar surface area (TPSA) is 133 Å². The molecular weight excluding hydrogens is 352 g/mol. The van der Waals surface area contributed by atoms with Crippen LogP contribution in [0.4, 0.5) is 4.79 Å². The second kappa shape index (κ2) is 5.80. The van der Waals surface area contributed by atoms with Gasteiger partial charge in [0.05, 0.1) is 23.4 Å². The van der Waals surface area contributed by atoms with E-state index in [9.17, 15) is 14.4 Å². The van der Waals surface area contributed by atoms with Crippen LogP contribution in [0.5, 0.6) is 0 Å². The van der Waals surface area contributed by atoms with Gasteiger partial charge in [0.25, 0.3) is 0 Å². The van der Waals surface area contributed by atoms with Crippen LogP contribution in [0, 0.1) is 5.92 Å². The predicted molar refractivity (Wildman–Crippen MR) is 94.2 cm³/mol. The van der Waals surface area contributed by atoms with Crippen molar-refractivity contribution in [2.45, 2.75) is 44.6 Å². The Morgan fingerprint density at radius 2 is 2.11 bits per heavy atom. The number of fused-ring (bicyclic) bond motifs is 4. The molecule has 0 radical (unpaired) electrons. The fraction of sp³-hybridized carbons (Fsp3) is 0.611. The molecule has 4 rings (SSSR count). The maximum absolute atomic E-state index is 13.4. The Morgan fingerprint density at radius 3 is 2.70 bits per heavy atom. The largest absolute Gasteiger partial charge is 0.449 e. The molecule has 0 bridgehead atoms. The van der Waals surface area contributed by atoms with Crippen LogP contribution in [0.25, 0.3) is 0 Å². The number of hydrogen-bond acceptors (Lipinski definition) is 8. The van der Waals surface area contributed by atoms with E-state index in [0.29, 0.717) is 29.1 Å². The van der Waals surface area contributed by atoms with Crippen molar-refractivity contribution >= 4 is 17.7 Å². The van der Waals surface area contributed by atoms with E-state index in [1.807, 2.05) is 18.7 Å². The first-order chi connectivity index (χ1) is 12.7. The van der Waals surface area contributed by atoms with Gasteiger partial charge in [-0.1, -0.05) is 0 Å². The molecule has 2 saturated heterocycles. The first-order valence-electron chi connectivity index (χ1n) is 9.06. The van der Waals surface area contributed by atoms with Gasteiger partial charge in [0, 0.05) is 36.9 Å². The number of rotatable bonds is 5. The summed E-state index contributed by atoms with van der Waals surface area (Å²) in [5, 5.41) is 6.42. The molecule has 4 aliphatic rings. The number of amides is 1. The van der Waals surface area contributed by atoms with Crippen LogP contribution in [0.3, 0.4) is 0 Å². The van der Waals surface area contributed by atoms with E-state index in [0.717, 1.165) is 0 Å². The third-order valence-electron chi connectivity index (χ3n) is 5.86. The van der Waals surface area contributed by atoms with Gasteiger partial charge in [0.2, 0.25) is 11.6 Å². The van der Waals surface area contributed by atoms with Gasteiger partial charge in [-0.15, -0.1) is 0 Å². The van der Waals surface area contributed by atoms with Gasteiger partial charge < -0.3 is 30.7 Å². The lowest BCUT2D eigenvalue weighted by molar-refractivity contribution is -0.137. The molecule has 1 aliphatic carbocycles. The first-order valence-corrected chi connectivity index (χ1v) is 9.06. The summed E-state index contributed by atoms with van der Waals surface area (Å²) in [5.41, 5.74) is 5.61. The van der Waals surface area contributed by atoms with Gasteiger partial charge in [-0.2, -0.15) is 0 Å². The Morgan fingerprint density at radius 1 is 1.41 bits per heavy atom. The monoisotopic (exact) mass is 376 g/mol. The van der Waals surface area contributed by atoms with Crippen molar-refractivity contribution in [1.82, 2.24) is 15.5 Å². The number of methoxy groups -OCH3 is 1. The maximum Gasteiger partial charge on any atom is 0.404 e. The lowest BCUT2D eigenvalue weighted by Gasteiger charge is -2.39. The standard InChI is InChI=1S/C18H24N4O5/c1-7(2)20-12-8(3)14(23)13-11(15(12)24)9(6-27-17(19)25)18(26-4)16-10(21-16)5-22(13)18/h7,9-10,16,20-21H,5-6H2,1-4H3,(H2,19,25)/t9-,10+,16+,18-/m1/s1. The average Bonchev–Trinajstić information content (AvgIpc) is 3.21. The quantitative estimate of drug-likeness (QED) is 0.427. The van der Waals surface area contributed by atoms with E-state index >= 15 is 0 Å². The number of ether oxygens (including phenoxy) is 2. The van der Waals surface area contributed by atoms with Crippen molar-refractivity contribution in [3.63, 3.8) is 0 Å². The van der Waals surface area contributed by atoms with Gasteiger partial charge in [0.1, 0.15) is 6.61 Å². The summed E-state index contributed by atoms with van der Waals surface area (Å²) < 4.78 is 11.0. The predicted octanol–water partition coefficient (Wildman–Crippen LogP) is -0.612. The number of allylic oxidation sites excluding steroid dienone is 2. The van der Waals surface area contributed by atoms with E-state index in [4.69, 9.17) is 15.2 Å². The van der Waals surface area contributed by atoms with Crippen molar-refractivity contribution in [1.29, 1.82) is 0 Å². The molecule has 0 aromatic heterocycles. The second-order valence-corrected chi connectivity index (χ2v) is 7.72. The van der Waals surface area contributed by atoms with Crippen molar-refractivity contribution in [3.05, 3.63) is 22.5 Å². The lowest BCUT2D eigenvalue weighted by Crippen LogP contribution is -2.55. The van der Waals surface area contributed by atoms with Crippen LogP contribution in [0.15, 0.2) is 22.5 Å². The highest BCUT2D eigenvalue weighted by Gasteiger charge is 2.72. The van der Waals surface area contributed by atoms with E-state index < -0.39 is 17.7 Å². The molecule has 4 atom stereocenters. The molecule has 1 amide bonds. The van der Waals surface area contributed by atoms with Crippen molar-refractivity contribution in [2.24, 2.45) is 11.7 Å². The number of nitrogens with zero attached hydrogens (tertiary/aromatic N) is 1. The van der Waals surface area contributed by atoms with E-state index in [1.165, 1.54) is 0 Å². The number of carbonyl (C=O) groups is 3. The van der Waals surface area contributed by atoms with Crippen molar-refractivity contribution in [3.8, 4) is 0 Å². The summed E-state index contributed by atoms with van der Waals surface area (Å²) in [6.07, 6.45) is -0.929. The highest BCUT2D eigenvalue weighted by atomic mass is 16.6. The Bertz CT molecular complexity index is 817. The third kappa shape index (κ3) is 2.28. The molecule has 0 unspecified atom stereocenters. The zero-order chi connectivity index (χ0) is 19.7. The molecule has 0 spiro atoms. The summed E-state index contributed by atoms with van der Waals surface area (Å²) in [4.78, 5) is 39.7. The third-order valence-corrected chi connectivity index (χ3v) is 5.86. The van der Waals surface area contributed by atoms with Crippen molar-refractivity contribution in [2.75, 3.05) is 20.3 Å². The highest BCUT2D eigenvalue weighted by molar-refractivity contribution is 6.25. The Hall–Kier alpha value is -2.39. The van der Waals surface area contributed by atoms with Gasteiger partial charge >= 0.3 is 6.09 Å². The van der Waals surface area contributed by atoms with Crippen LogP contribution in [0.2, 0.25) is 0 Å². The minimum atomic E-state index is -0.941. The van der Waals surface area contributed by atoms with Gasteiger partial charge in [-0.05, 0) is 20.8 Å². The highest BCUT2D eigenvalue weighted by Crippen LogP contribution is 2.55. The number of carbonyl (C=O) groups excluding carboxylic acids is 3. The number of nitrogens with one attached hydrogen (secondary N) is 2. The normalized spacial score (nSPS) is 34.1. The van der Waals surface area contributed by atoms with Gasteiger partial charge in [-0.25, -0.2) is 4.79 Å². The van der Waals surface area contributed by atoms with Crippen LogP contribution in [0.1, 0.15) is 20.8 Å². The maximum atomic E-state index is 13.4. The smallest absolute Gasteiger partial charge is 0.404 e. The molecule has 9 heteroatoms. The molecule has 0 aromatic carbocycles. The van der Waals surface area contributed by atoms with Crippen LogP contribution >= 0.6 is 0 Å². The van der Waals surface area contributed by atoms with E-state index in [2.05, 4.69) is 10.6 Å². The fourth-order valence-corrected chi connectivity index (χ4v) is 4.75. The van der Waals surface area contributed by atoms with Gasteiger partial charge in [-0.3, -0.25) is 9.59 Å². The molecule has 0 aromatic rings. The minimum Gasteiger partial charge on any atom is -0.449 e. The Balaban J connectivity index is 1.81. The molecule has 2 fully saturated rings. The zero-order valence-electron chi connectivity index (χ0n) is 15.8. The lowest BCUT2D eigenvalue weighted by atomic mass is 9.82. The number of Topliss-reactive ketones (excluding diaryl/α,β-unsaturated/α-hetero) is 2. The van der Waals surface area contributed by atoms with Crippen LogP contribution < -0.4 is 16.4 Å². The molecule has 3 heterocycles. The summed E-state index contributed by atoms with van der Waals surface area (Å²) in [6, 6.07) is 0.121. The molecule has 9 nitrogen and oxygen atoms in total. The summed E-state index contributed by atoms with van der Waals surface area (Å²) >= 11 is 0. The van der Waals surface area contributed by atoms with E-state index in [-0.39, 0.29) is 36.3 Å². The van der Waals surface area contributed by atoms with Crippen LogP contribution in [-0.4, -0.2) is 66.7 Å². The molecule has 27 heavy (non-hydrogen) atoms. The Labute approximate surface area is 156 Å². The number of hydrogen-bond donors (Lipinski definition) is 3. The fourth-order valence-electron chi connectivity index (χ4n) is 4.75. The number of piperazine rings is 1. The van der Waals surface area contributed by atoms with Crippen LogP contribution in [-0.2, 0) is 19.1 Å². The average molecular weight is 376 g/mol. The Kier molecular flexibility index (Phi) is 3.87. The van der Waals surface area contributed by atoms with E-state index in [1.54, 1.807) is 14.0 Å². The summed E-state index contributed by atoms with van der Waals surface area (Å²) in [5.74, 6) is -1.06. The molecule has 4 N–H and O–H groups in total. The zero-order valence-corrected chi connectivity index (χ0v) is 15.8. The SMILES string of the molecule is CO[C@@]12[C@H](COC(N)=O)C3=C(C(=O)C(C)=C(NC(C)C)C3=O)N1C[C@@H]1N[C@@H]12. The molecule has 0 saturated carbocycles.